The predicted molar refractivity (Wildman–Crippen MR) is 68.4 cm³/mol. The Balaban J connectivity index is 1.88. The van der Waals surface area contributed by atoms with Gasteiger partial charge in [0.1, 0.15) is 6.54 Å². The van der Waals surface area contributed by atoms with E-state index in [1.807, 2.05) is 0 Å². The van der Waals surface area contributed by atoms with Crippen molar-refractivity contribution in [2.45, 2.75) is 31.9 Å². The summed E-state index contributed by atoms with van der Waals surface area (Å²) < 4.78 is 30.7. The van der Waals surface area contributed by atoms with Crippen molar-refractivity contribution in [1.82, 2.24) is 9.78 Å². The van der Waals surface area contributed by atoms with Gasteiger partial charge in [-0.25, -0.2) is 8.78 Å². The molecule has 1 unspecified atom stereocenters. The maximum atomic E-state index is 12.2. The third kappa shape index (κ3) is 3.97. The van der Waals surface area contributed by atoms with Gasteiger partial charge in [-0.15, -0.1) is 0 Å². The number of ether oxygens (including phenoxy) is 1. The summed E-state index contributed by atoms with van der Waals surface area (Å²) in [6, 6.07) is -0.627. The first-order valence-electron chi connectivity index (χ1n) is 6.51. The number of nitrogens with zero attached hydrogens (tertiary/aromatic N) is 2. The third-order valence-electron chi connectivity index (χ3n) is 3.30. The molecule has 0 spiro atoms. The van der Waals surface area contributed by atoms with Crippen LogP contribution >= 0.6 is 0 Å². The summed E-state index contributed by atoms with van der Waals surface area (Å²) in [7, 11) is 0. The number of hydrogen-bond donors (Lipinski definition) is 2. The van der Waals surface area contributed by atoms with Gasteiger partial charge in [-0.3, -0.25) is 9.48 Å². The Bertz CT molecular complexity index is 446. The number of rotatable bonds is 5. The van der Waals surface area contributed by atoms with Crippen LogP contribution in [0.2, 0.25) is 0 Å². The van der Waals surface area contributed by atoms with E-state index >= 15 is 0 Å². The molecule has 1 aliphatic rings. The Morgan fingerprint density at radius 2 is 2.25 bits per heavy atom. The standard InChI is InChI=1S/C12H18F2N4O2/c13-10(14)7-18-6-9(5-16-18)17-12(19)11(15)8-1-3-20-4-2-8/h5-6,8,10-11H,1-4,7,15H2,(H,17,19). The van der Waals surface area contributed by atoms with Crippen molar-refractivity contribution in [3.8, 4) is 0 Å². The van der Waals surface area contributed by atoms with Gasteiger partial charge < -0.3 is 15.8 Å². The molecule has 1 fully saturated rings. The Morgan fingerprint density at radius 3 is 2.90 bits per heavy atom. The molecule has 1 aromatic heterocycles. The fraction of sp³-hybridized carbons (Fsp3) is 0.667. The largest absolute Gasteiger partial charge is 0.381 e. The Hall–Kier alpha value is -1.54. The van der Waals surface area contributed by atoms with Crippen molar-refractivity contribution in [1.29, 1.82) is 0 Å². The number of halogens is 2. The molecular weight excluding hydrogens is 270 g/mol. The number of carbonyl (C=O) groups is 1. The van der Waals surface area contributed by atoms with Crippen LogP contribution in [0.25, 0.3) is 0 Å². The highest BCUT2D eigenvalue weighted by atomic mass is 19.3. The van der Waals surface area contributed by atoms with Gasteiger partial charge in [-0.2, -0.15) is 5.10 Å². The second-order valence-electron chi connectivity index (χ2n) is 4.81. The number of nitrogens with two attached hydrogens (primary N) is 1. The summed E-state index contributed by atoms with van der Waals surface area (Å²) in [5, 5.41) is 6.34. The summed E-state index contributed by atoms with van der Waals surface area (Å²) in [6.07, 6.45) is 1.71. The van der Waals surface area contributed by atoms with Gasteiger partial charge in [0, 0.05) is 19.4 Å². The average molecular weight is 288 g/mol. The van der Waals surface area contributed by atoms with Crippen LogP contribution < -0.4 is 11.1 Å². The van der Waals surface area contributed by atoms with Crippen LogP contribution in [-0.4, -0.2) is 41.4 Å². The van der Waals surface area contributed by atoms with Gasteiger partial charge >= 0.3 is 0 Å². The second kappa shape index (κ2) is 6.76. The topological polar surface area (TPSA) is 82.2 Å². The van der Waals surface area contributed by atoms with Crippen LogP contribution in [0.1, 0.15) is 12.8 Å². The number of aromatic nitrogens is 2. The molecule has 1 amide bonds. The van der Waals surface area contributed by atoms with E-state index in [1.165, 1.54) is 12.4 Å². The van der Waals surface area contributed by atoms with Crippen molar-refractivity contribution in [3.63, 3.8) is 0 Å². The fourth-order valence-electron chi connectivity index (χ4n) is 2.18. The lowest BCUT2D eigenvalue weighted by Gasteiger charge is -2.26. The number of amides is 1. The molecule has 0 aromatic carbocycles. The van der Waals surface area contributed by atoms with Gasteiger partial charge in [0.15, 0.2) is 0 Å². The quantitative estimate of drug-likeness (QED) is 0.841. The molecule has 0 saturated carbocycles. The van der Waals surface area contributed by atoms with Crippen LogP contribution in [0, 0.1) is 5.92 Å². The second-order valence-corrected chi connectivity index (χ2v) is 4.81. The lowest BCUT2D eigenvalue weighted by atomic mass is 9.92. The maximum Gasteiger partial charge on any atom is 0.257 e. The van der Waals surface area contributed by atoms with Crippen LogP contribution in [0.4, 0.5) is 14.5 Å². The molecule has 0 aliphatic carbocycles. The molecule has 1 saturated heterocycles. The molecule has 112 valence electrons. The number of anilines is 1. The van der Waals surface area contributed by atoms with Gasteiger partial charge in [0.25, 0.3) is 6.43 Å². The molecular formula is C12H18F2N4O2. The molecule has 20 heavy (non-hydrogen) atoms. The summed E-state index contributed by atoms with van der Waals surface area (Å²) in [5.74, 6) is -0.242. The highest BCUT2D eigenvalue weighted by Crippen LogP contribution is 2.18. The van der Waals surface area contributed by atoms with Gasteiger partial charge in [-0.1, -0.05) is 0 Å². The number of alkyl halides is 2. The first kappa shape index (κ1) is 14.9. The highest BCUT2D eigenvalue weighted by molar-refractivity contribution is 5.94. The van der Waals surface area contributed by atoms with Crippen molar-refractivity contribution >= 4 is 11.6 Å². The van der Waals surface area contributed by atoms with Crippen LogP contribution in [0.15, 0.2) is 12.4 Å². The van der Waals surface area contributed by atoms with E-state index in [9.17, 15) is 13.6 Å². The Kier molecular flexibility index (Phi) is 5.02. The number of hydrogen-bond acceptors (Lipinski definition) is 4. The predicted octanol–water partition coefficient (Wildman–Crippen LogP) is 0.841. The maximum absolute atomic E-state index is 12.2. The van der Waals surface area contributed by atoms with Crippen molar-refractivity contribution in [2.75, 3.05) is 18.5 Å². The van der Waals surface area contributed by atoms with Crippen LogP contribution in [0.3, 0.4) is 0 Å². The van der Waals surface area contributed by atoms with Crippen molar-refractivity contribution < 1.29 is 18.3 Å². The Morgan fingerprint density at radius 1 is 1.55 bits per heavy atom. The molecule has 1 aromatic rings. The fourth-order valence-corrected chi connectivity index (χ4v) is 2.18. The first-order valence-corrected chi connectivity index (χ1v) is 6.51. The minimum absolute atomic E-state index is 0.0832. The minimum Gasteiger partial charge on any atom is -0.381 e. The SMILES string of the molecule is NC(C(=O)Nc1cnn(CC(F)F)c1)C1CCOCC1. The highest BCUT2D eigenvalue weighted by Gasteiger charge is 2.26. The monoisotopic (exact) mass is 288 g/mol. The zero-order chi connectivity index (χ0) is 14.5. The normalized spacial score (nSPS) is 18.2. The Labute approximate surface area is 115 Å². The van der Waals surface area contributed by atoms with E-state index < -0.39 is 19.0 Å². The van der Waals surface area contributed by atoms with Crippen molar-refractivity contribution in [3.05, 3.63) is 12.4 Å². The lowest BCUT2D eigenvalue weighted by molar-refractivity contribution is -0.119. The molecule has 0 radical (unpaired) electrons. The third-order valence-corrected chi connectivity index (χ3v) is 3.30. The molecule has 6 nitrogen and oxygen atoms in total. The molecule has 2 rings (SSSR count). The lowest BCUT2D eigenvalue weighted by Crippen LogP contribution is -2.43. The van der Waals surface area contributed by atoms with Crippen LogP contribution in [-0.2, 0) is 16.1 Å². The summed E-state index contributed by atoms with van der Waals surface area (Å²) in [6.45, 7) is 0.720. The molecule has 0 bridgehead atoms. The molecule has 8 heteroatoms. The van der Waals surface area contributed by atoms with Crippen molar-refractivity contribution in [2.24, 2.45) is 11.7 Å². The van der Waals surface area contributed by atoms with E-state index in [0.29, 0.717) is 18.9 Å². The number of carbonyl (C=O) groups excluding carboxylic acids is 1. The van der Waals surface area contributed by atoms with E-state index in [4.69, 9.17) is 10.5 Å². The first-order chi connectivity index (χ1) is 9.56. The summed E-state index contributed by atoms with van der Waals surface area (Å²) in [5.41, 5.74) is 6.29. The van der Waals surface area contributed by atoms with E-state index in [2.05, 4.69) is 10.4 Å². The van der Waals surface area contributed by atoms with E-state index in [-0.39, 0.29) is 11.8 Å². The van der Waals surface area contributed by atoms with Gasteiger partial charge in [-0.05, 0) is 18.8 Å². The average Bonchev–Trinajstić information content (AvgIpc) is 2.85. The van der Waals surface area contributed by atoms with Crippen LogP contribution in [0.5, 0.6) is 0 Å². The number of nitrogens with one attached hydrogen (secondary N) is 1. The summed E-state index contributed by atoms with van der Waals surface area (Å²) in [4.78, 5) is 12.0. The minimum atomic E-state index is -2.48. The van der Waals surface area contributed by atoms with Gasteiger partial charge in [0.2, 0.25) is 5.91 Å². The molecule has 2 heterocycles. The zero-order valence-electron chi connectivity index (χ0n) is 11.0. The van der Waals surface area contributed by atoms with Gasteiger partial charge in [0.05, 0.1) is 17.9 Å². The smallest absolute Gasteiger partial charge is 0.257 e. The zero-order valence-corrected chi connectivity index (χ0v) is 11.0. The van der Waals surface area contributed by atoms with E-state index in [0.717, 1.165) is 17.5 Å². The summed E-state index contributed by atoms with van der Waals surface area (Å²) >= 11 is 0. The molecule has 1 atom stereocenters. The molecule has 3 N–H and O–H groups in total. The molecule has 1 aliphatic heterocycles. The van der Waals surface area contributed by atoms with E-state index in [1.54, 1.807) is 0 Å².